The van der Waals surface area contributed by atoms with Gasteiger partial charge >= 0.3 is 6.18 Å². The molecule has 3 heterocycles. The van der Waals surface area contributed by atoms with Gasteiger partial charge in [-0.25, -0.2) is 0 Å². The number of hydrogen-bond donors (Lipinski definition) is 0. The highest BCUT2D eigenvalue weighted by atomic mass is 32.1. The molecule has 7 heteroatoms. The third kappa shape index (κ3) is 1.41. The maximum Gasteiger partial charge on any atom is 0.427 e. The zero-order chi connectivity index (χ0) is 12.2. The average Bonchev–Trinajstić information content (AvgIpc) is 2.80. The van der Waals surface area contributed by atoms with E-state index in [1.807, 2.05) is 4.57 Å². The van der Waals surface area contributed by atoms with Gasteiger partial charge in [0.25, 0.3) is 0 Å². The molecular formula is C10H8F3N3S. The Morgan fingerprint density at radius 1 is 1.41 bits per heavy atom. The number of hydrogen-bond acceptors (Lipinski definition) is 3. The Labute approximate surface area is 98.7 Å². The molecule has 2 aromatic rings. The van der Waals surface area contributed by atoms with Gasteiger partial charge in [0.05, 0.1) is 12.2 Å². The molecule has 1 aliphatic heterocycles. The molecular weight excluding hydrogens is 251 g/mol. The van der Waals surface area contributed by atoms with Crippen molar-refractivity contribution < 1.29 is 13.2 Å². The number of aliphatic imine (C=N–C) groups is 1. The lowest BCUT2D eigenvalue weighted by atomic mass is 10.2. The quantitative estimate of drug-likeness (QED) is 0.715. The molecule has 1 aliphatic rings. The van der Waals surface area contributed by atoms with Crippen LogP contribution in [0.3, 0.4) is 0 Å². The van der Waals surface area contributed by atoms with E-state index in [-0.39, 0.29) is 5.39 Å². The summed E-state index contributed by atoms with van der Waals surface area (Å²) in [6, 6.07) is 0. The molecule has 0 N–H and O–H groups in total. The molecule has 0 aromatic carbocycles. The fraction of sp³-hybridized carbons (Fsp3) is 0.400. The van der Waals surface area contributed by atoms with Crippen LogP contribution in [0.4, 0.5) is 13.2 Å². The van der Waals surface area contributed by atoms with Gasteiger partial charge < -0.3 is 4.57 Å². The summed E-state index contributed by atoms with van der Waals surface area (Å²) in [7, 11) is 0. The Morgan fingerprint density at radius 3 is 2.88 bits per heavy atom. The highest BCUT2D eigenvalue weighted by molar-refractivity contribution is 7.07. The standard InChI is InChI=1S/C10H8F3N3S/c1-5-6-4-14-2-3-16(6)9-7(5)8(17-15-9)10(11,12)13/h4H,2-3H2,1H3. The van der Waals surface area contributed by atoms with Gasteiger partial charge in [0.1, 0.15) is 4.88 Å². The summed E-state index contributed by atoms with van der Waals surface area (Å²) >= 11 is 0.523. The van der Waals surface area contributed by atoms with Gasteiger partial charge in [-0.3, -0.25) is 4.99 Å². The lowest BCUT2D eigenvalue weighted by Gasteiger charge is -2.09. The predicted molar refractivity (Wildman–Crippen MR) is 59.8 cm³/mol. The van der Waals surface area contributed by atoms with E-state index in [1.165, 1.54) is 0 Å². The van der Waals surface area contributed by atoms with E-state index in [1.54, 1.807) is 13.1 Å². The highest BCUT2D eigenvalue weighted by Gasteiger charge is 2.37. The van der Waals surface area contributed by atoms with Crippen LogP contribution in [0.2, 0.25) is 0 Å². The molecule has 0 atom stereocenters. The molecule has 17 heavy (non-hydrogen) atoms. The van der Waals surface area contributed by atoms with Gasteiger partial charge in [0, 0.05) is 18.1 Å². The fourth-order valence-corrected chi connectivity index (χ4v) is 2.95. The SMILES string of the molecule is Cc1c2n(c3nsc(C(F)(F)F)c13)CCN=C2. The van der Waals surface area contributed by atoms with Crippen LogP contribution in [0, 0.1) is 6.92 Å². The van der Waals surface area contributed by atoms with Gasteiger partial charge in [0.2, 0.25) is 0 Å². The second-order valence-electron chi connectivity index (χ2n) is 3.91. The molecule has 0 aliphatic carbocycles. The van der Waals surface area contributed by atoms with E-state index in [9.17, 15) is 13.2 Å². The van der Waals surface area contributed by atoms with E-state index in [0.717, 1.165) is 5.69 Å². The molecule has 90 valence electrons. The number of alkyl halides is 3. The third-order valence-corrected chi connectivity index (χ3v) is 3.79. The summed E-state index contributed by atoms with van der Waals surface area (Å²) in [6.07, 6.45) is -2.70. The lowest BCUT2D eigenvalue weighted by molar-refractivity contribution is -0.133. The van der Waals surface area contributed by atoms with E-state index in [4.69, 9.17) is 0 Å². The Kier molecular flexibility index (Phi) is 2.10. The van der Waals surface area contributed by atoms with Crippen molar-refractivity contribution in [3.63, 3.8) is 0 Å². The Bertz CT molecular complexity index is 621. The topological polar surface area (TPSA) is 30.2 Å². The van der Waals surface area contributed by atoms with Gasteiger partial charge in [-0.1, -0.05) is 0 Å². The maximum atomic E-state index is 12.8. The minimum absolute atomic E-state index is 0.228. The van der Waals surface area contributed by atoms with Crippen molar-refractivity contribution in [3.05, 3.63) is 16.1 Å². The first kappa shape index (κ1) is 10.8. The number of rotatable bonds is 0. The maximum absolute atomic E-state index is 12.8. The molecule has 0 amide bonds. The van der Waals surface area contributed by atoms with Gasteiger partial charge in [-0.15, -0.1) is 0 Å². The molecule has 3 nitrogen and oxygen atoms in total. The van der Waals surface area contributed by atoms with Crippen molar-refractivity contribution in [1.29, 1.82) is 0 Å². The van der Waals surface area contributed by atoms with Crippen LogP contribution in [0.5, 0.6) is 0 Å². The normalized spacial score (nSPS) is 15.5. The summed E-state index contributed by atoms with van der Waals surface area (Å²) in [5.74, 6) is 0. The molecule has 0 saturated carbocycles. The van der Waals surface area contributed by atoms with Gasteiger partial charge in [0.15, 0.2) is 5.65 Å². The van der Waals surface area contributed by atoms with E-state index < -0.39 is 11.1 Å². The first-order valence-electron chi connectivity index (χ1n) is 5.05. The van der Waals surface area contributed by atoms with Crippen LogP contribution >= 0.6 is 11.5 Å². The van der Waals surface area contributed by atoms with Gasteiger partial charge in [-0.05, 0) is 24.0 Å². The van der Waals surface area contributed by atoms with Crippen molar-refractivity contribution in [1.82, 2.24) is 8.94 Å². The van der Waals surface area contributed by atoms with Crippen LogP contribution in [-0.4, -0.2) is 21.7 Å². The first-order chi connectivity index (χ1) is 8.00. The van der Waals surface area contributed by atoms with E-state index >= 15 is 0 Å². The van der Waals surface area contributed by atoms with Crippen LogP contribution in [0.25, 0.3) is 11.0 Å². The van der Waals surface area contributed by atoms with Gasteiger partial charge in [-0.2, -0.15) is 17.5 Å². The molecule has 0 radical (unpaired) electrons. The highest BCUT2D eigenvalue weighted by Crippen LogP contribution is 2.41. The number of nitrogens with zero attached hydrogens (tertiary/aromatic N) is 3. The van der Waals surface area contributed by atoms with Crippen LogP contribution < -0.4 is 0 Å². The monoisotopic (exact) mass is 259 g/mol. The number of halogens is 3. The summed E-state index contributed by atoms with van der Waals surface area (Å²) in [6.45, 7) is 2.88. The second kappa shape index (κ2) is 3.32. The Hall–Kier alpha value is -1.37. The largest absolute Gasteiger partial charge is 0.427 e. The third-order valence-electron chi connectivity index (χ3n) is 2.90. The summed E-state index contributed by atoms with van der Waals surface area (Å²) in [4.78, 5) is 3.48. The molecule has 2 aromatic heterocycles. The van der Waals surface area contributed by atoms with Crippen LogP contribution in [0.15, 0.2) is 4.99 Å². The summed E-state index contributed by atoms with van der Waals surface area (Å²) < 4.78 is 44.2. The van der Waals surface area contributed by atoms with Crippen molar-refractivity contribution in [2.75, 3.05) is 6.54 Å². The van der Waals surface area contributed by atoms with Crippen LogP contribution in [-0.2, 0) is 12.7 Å². The van der Waals surface area contributed by atoms with Crippen LogP contribution in [0.1, 0.15) is 16.1 Å². The molecule has 0 unspecified atom stereocenters. The van der Waals surface area contributed by atoms with E-state index in [2.05, 4.69) is 9.37 Å². The molecule has 3 rings (SSSR count). The minimum Gasteiger partial charge on any atom is -0.322 e. The number of aromatic nitrogens is 2. The first-order valence-corrected chi connectivity index (χ1v) is 5.83. The molecule has 0 bridgehead atoms. The van der Waals surface area contributed by atoms with Crippen molar-refractivity contribution in [3.8, 4) is 0 Å². The Balaban J connectivity index is 2.37. The van der Waals surface area contributed by atoms with Crippen molar-refractivity contribution in [2.24, 2.45) is 4.99 Å². The predicted octanol–water partition coefficient (Wildman–Crippen LogP) is 2.86. The molecule has 0 spiro atoms. The zero-order valence-electron chi connectivity index (χ0n) is 8.88. The Morgan fingerprint density at radius 2 is 2.18 bits per heavy atom. The fourth-order valence-electron chi connectivity index (χ4n) is 2.14. The molecule has 0 fully saturated rings. The summed E-state index contributed by atoms with van der Waals surface area (Å²) in [5, 5.41) is 0.228. The molecule has 0 saturated heterocycles. The minimum atomic E-state index is -4.33. The number of fused-ring (bicyclic) bond motifs is 3. The zero-order valence-corrected chi connectivity index (χ0v) is 9.69. The number of aryl methyl sites for hydroxylation is 1. The smallest absolute Gasteiger partial charge is 0.322 e. The second-order valence-corrected chi connectivity index (χ2v) is 4.68. The lowest BCUT2D eigenvalue weighted by Crippen LogP contribution is -2.11. The average molecular weight is 259 g/mol. The van der Waals surface area contributed by atoms with Crippen molar-refractivity contribution >= 4 is 28.8 Å². The van der Waals surface area contributed by atoms with E-state index in [0.29, 0.717) is 35.8 Å². The van der Waals surface area contributed by atoms with Crippen molar-refractivity contribution in [2.45, 2.75) is 19.6 Å². The summed E-state index contributed by atoms with van der Waals surface area (Å²) in [5.41, 5.74) is 1.79.